The molecule has 1 heterocycles. The molecule has 3 N–H and O–H groups in total. The minimum Gasteiger partial charge on any atom is -0.505 e. The summed E-state index contributed by atoms with van der Waals surface area (Å²) in [4.78, 5) is 14.3. The third-order valence-electron chi connectivity index (χ3n) is 6.44. The quantitative estimate of drug-likeness (QED) is 0.579. The van der Waals surface area contributed by atoms with Crippen molar-refractivity contribution in [1.29, 1.82) is 0 Å². The fourth-order valence-electron chi connectivity index (χ4n) is 4.58. The smallest absolute Gasteiger partial charge is 0.257 e. The zero-order valence-electron chi connectivity index (χ0n) is 17.2. The van der Waals surface area contributed by atoms with Crippen LogP contribution in [0.25, 0.3) is 0 Å². The Morgan fingerprint density at radius 1 is 1.38 bits per heavy atom. The zero-order valence-corrected chi connectivity index (χ0v) is 17.2. The second-order valence-electron chi connectivity index (χ2n) is 8.26. The van der Waals surface area contributed by atoms with Crippen LogP contribution in [0.4, 0.5) is 4.39 Å². The van der Waals surface area contributed by atoms with Crippen molar-refractivity contribution in [1.82, 2.24) is 10.2 Å². The van der Waals surface area contributed by atoms with E-state index in [1.807, 2.05) is 0 Å². The maximum absolute atomic E-state index is 14.1. The number of halogens is 1. The molecule has 1 amide bonds. The predicted molar refractivity (Wildman–Crippen MR) is 108 cm³/mol. The van der Waals surface area contributed by atoms with Crippen molar-refractivity contribution >= 4 is 5.91 Å². The molecule has 29 heavy (non-hydrogen) atoms. The van der Waals surface area contributed by atoms with Gasteiger partial charge in [0.2, 0.25) is 0 Å². The molecular formula is C22H31FN2O4. The van der Waals surface area contributed by atoms with Gasteiger partial charge in [0.25, 0.3) is 5.91 Å². The summed E-state index contributed by atoms with van der Waals surface area (Å²) in [5, 5.41) is 22.5. The number of carbonyl (C=O) groups is 1. The molecule has 3 rings (SSSR count). The number of fused-ring (bicyclic) bond motifs is 1. The summed E-state index contributed by atoms with van der Waals surface area (Å²) >= 11 is 0. The topological polar surface area (TPSA) is 82.0 Å². The number of nitrogens with one attached hydrogen (secondary N) is 1. The zero-order chi connectivity index (χ0) is 21.1. The highest BCUT2D eigenvalue weighted by Crippen LogP contribution is 2.35. The first-order chi connectivity index (χ1) is 13.8. The first-order valence-electron chi connectivity index (χ1n) is 10.2. The summed E-state index contributed by atoms with van der Waals surface area (Å²) in [5.74, 6) is -0.220. The van der Waals surface area contributed by atoms with Crippen LogP contribution in [0.5, 0.6) is 5.75 Å². The summed E-state index contributed by atoms with van der Waals surface area (Å²) in [5.41, 5.74) is 0.662. The van der Waals surface area contributed by atoms with Crippen LogP contribution >= 0.6 is 0 Å². The van der Waals surface area contributed by atoms with E-state index in [1.54, 1.807) is 18.1 Å². The molecule has 1 aromatic rings. The Bertz CT molecular complexity index is 761. The summed E-state index contributed by atoms with van der Waals surface area (Å²) in [7, 11) is 1.55. The summed E-state index contributed by atoms with van der Waals surface area (Å²) in [6, 6.07) is 2.87. The highest BCUT2D eigenvalue weighted by Gasteiger charge is 2.34. The molecule has 0 bridgehead atoms. The average Bonchev–Trinajstić information content (AvgIpc) is 3.04. The monoisotopic (exact) mass is 406 g/mol. The molecule has 0 aromatic heterocycles. The molecule has 6 nitrogen and oxygen atoms in total. The maximum atomic E-state index is 14.1. The summed E-state index contributed by atoms with van der Waals surface area (Å²) in [6.07, 6.45) is 4.06. The Kier molecular flexibility index (Phi) is 6.80. The number of ether oxygens (including phenoxy) is 1. The second-order valence-corrected chi connectivity index (χ2v) is 8.26. The van der Waals surface area contributed by atoms with Crippen molar-refractivity contribution in [3.05, 3.63) is 41.4 Å². The number of phenolic OH excluding ortho intramolecular Hbond substituents is 1. The fourth-order valence-corrected chi connectivity index (χ4v) is 4.58. The Morgan fingerprint density at radius 2 is 2.07 bits per heavy atom. The van der Waals surface area contributed by atoms with Gasteiger partial charge in [0, 0.05) is 19.1 Å². The van der Waals surface area contributed by atoms with Gasteiger partial charge >= 0.3 is 0 Å². The van der Waals surface area contributed by atoms with Gasteiger partial charge in [0.05, 0.1) is 25.3 Å². The number of hydrogen-bond acceptors (Lipinski definition) is 5. The lowest BCUT2D eigenvalue weighted by Crippen LogP contribution is -2.45. The normalized spacial score (nSPS) is 23.6. The number of amides is 1. The van der Waals surface area contributed by atoms with Crippen LogP contribution < -0.4 is 5.32 Å². The molecular weight excluding hydrogens is 375 g/mol. The molecule has 0 radical (unpaired) electrons. The largest absolute Gasteiger partial charge is 0.505 e. The molecule has 7 heteroatoms. The highest BCUT2D eigenvalue weighted by molar-refractivity contribution is 5.99. The van der Waals surface area contributed by atoms with Gasteiger partial charge in [-0.1, -0.05) is 12.6 Å². The molecule has 0 saturated heterocycles. The number of aliphatic hydroxyl groups excluding tert-OH is 1. The van der Waals surface area contributed by atoms with Crippen molar-refractivity contribution in [2.45, 2.75) is 51.2 Å². The van der Waals surface area contributed by atoms with Crippen LogP contribution in [0.15, 0.2) is 24.5 Å². The van der Waals surface area contributed by atoms with Crippen molar-refractivity contribution in [2.24, 2.45) is 11.8 Å². The molecule has 2 aliphatic rings. The Hall–Kier alpha value is -2.12. The van der Waals surface area contributed by atoms with Gasteiger partial charge in [-0.15, -0.1) is 0 Å². The van der Waals surface area contributed by atoms with Gasteiger partial charge in [0.15, 0.2) is 11.6 Å². The number of hydrogen-bond donors (Lipinski definition) is 3. The van der Waals surface area contributed by atoms with Gasteiger partial charge in [-0.05, 0) is 56.1 Å². The van der Waals surface area contributed by atoms with Gasteiger partial charge < -0.3 is 25.2 Å². The van der Waals surface area contributed by atoms with Crippen LogP contribution in [0.2, 0.25) is 0 Å². The van der Waals surface area contributed by atoms with Gasteiger partial charge in [-0.25, -0.2) is 4.39 Å². The van der Waals surface area contributed by atoms with Gasteiger partial charge in [-0.3, -0.25) is 4.79 Å². The molecule has 1 unspecified atom stereocenters. The average molecular weight is 406 g/mol. The van der Waals surface area contributed by atoms with Crippen molar-refractivity contribution in [3.63, 3.8) is 0 Å². The molecule has 160 valence electrons. The van der Waals surface area contributed by atoms with Crippen molar-refractivity contribution < 1.29 is 24.1 Å². The highest BCUT2D eigenvalue weighted by atomic mass is 19.1. The molecule has 1 aliphatic carbocycles. The number of phenols is 1. The van der Waals surface area contributed by atoms with Crippen LogP contribution in [-0.4, -0.2) is 53.4 Å². The van der Waals surface area contributed by atoms with E-state index in [4.69, 9.17) is 4.74 Å². The number of rotatable bonds is 8. The van der Waals surface area contributed by atoms with Crippen LogP contribution in [0.3, 0.4) is 0 Å². The molecule has 0 spiro atoms. The first-order valence-corrected chi connectivity index (χ1v) is 10.2. The van der Waals surface area contributed by atoms with E-state index in [0.29, 0.717) is 36.2 Å². The molecule has 1 aliphatic heterocycles. The molecule has 1 fully saturated rings. The Labute approximate surface area is 171 Å². The maximum Gasteiger partial charge on any atom is 0.257 e. The minimum atomic E-state index is -0.810. The molecule has 1 saturated carbocycles. The van der Waals surface area contributed by atoms with E-state index in [9.17, 15) is 19.4 Å². The lowest BCUT2D eigenvalue weighted by Gasteiger charge is -2.35. The second kappa shape index (κ2) is 9.13. The summed E-state index contributed by atoms with van der Waals surface area (Å²) in [6.45, 7) is 6.90. The fraction of sp³-hybridized carbons (Fsp3) is 0.591. The standard InChI is InChI=1S/C22H31FN2O4/c1-13(24-18(12-26)14(2)29-3)16-6-4-15(5-7-16)10-25-11-17-8-9-19(27)21(23)20(17)22(25)28/h8-9,13,15-16,18,24,26-27H,2,4-7,10-12H2,1,3H3/t13?,15?,16?,18-/m1/s1. The summed E-state index contributed by atoms with van der Waals surface area (Å²) < 4.78 is 19.3. The van der Waals surface area contributed by atoms with E-state index in [-0.39, 0.29) is 30.2 Å². The van der Waals surface area contributed by atoms with E-state index < -0.39 is 11.6 Å². The first kappa shape index (κ1) is 21.6. The predicted octanol–water partition coefficient (Wildman–Crippen LogP) is 2.79. The molecule has 1 aromatic carbocycles. The third-order valence-corrected chi connectivity index (χ3v) is 6.44. The van der Waals surface area contributed by atoms with Crippen LogP contribution in [-0.2, 0) is 11.3 Å². The minimum absolute atomic E-state index is 0.0184. The van der Waals surface area contributed by atoms with Crippen molar-refractivity contribution in [3.8, 4) is 5.75 Å². The van der Waals surface area contributed by atoms with Gasteiger partial charge in [-0.2, -0.15) is 0 Å². The number of carbonyl (C=O) groups excluding carboxylic acids is 1. The van der Waals surface area contributed by atoms with Crippen LogP contribution in [0.1, 0.15) is 48.5 Å². The molecule has 2 atom stereocenters. The lowest BCUT2D eigenvalue weighted by molar-refractivity contribution is 0.0719. The van der Waals surface area contributed by atoms with Crippen LogP contribution in [0, 0.1) is 17.7 Å². The Balaban J connectivity index is 1.51. The van der Waals surface area contributed by atoms with E-state index >= 15 is 0 Å². The number of nitrogens with zero attached hydrogens (tertiary/aromatic N) is 1. The number of aromatic hydroxyl groups is 1. The number of methoxy groups -OCH3 is 1. The van der Waals surface area contributed by atoms with E-state index in [1.165, 1.54) is 6.07 Å². The van der Waals surface area contributed by atoms with Crippen molar-refractivity contribution in [2.75, 3.05) is 20.3 Å². The SMILES string of the molecule is C=C(OC)[C@@H](CO)NC(C)C1CCC(CN2Cc3ccc(O)c(F)c3C2=O)CC1. The van der Waals surface area contributed by atoms with E-state index in [0.717, 1.165) is 25.7 Å². The van der Waals surface area contributed by atoms with E-state index in [2.05, 4.69) is 18.8 Å². The Morgan fingerprint density at radius 3 is 2.69 bits per heavy atom. The lowest BCUT2D eigenvalue weighted by atomic mass is 9.78. The number of aliphatic hydroxyl groups is 1. The number of benzene rings is 1. The van der Waals surface area contributed by atoms with Gasteiger partial charge in [0.1, 0.15) is 5.76 Å². The third kappa shape index (κ3) is 4.56.